The van der Waals surface area contributed by atoms with E-state index in [0.717, 1.165) is 13.2 Å². The van der Waals surface area contributed by atoms with Crippen LogP contribution in [0.4, 0.5) is 0 Å². The number of rotatable bonds is 7. The summed E-state index contributed by atoms with van der Waals surface area (Å²) in [6, 6.07) is 7.05. The smallest absolute Gasteiger partial charge is 0.342 e. The number of carbonyl (C=O) groups excluding carboxylic acids is 5. The van der Waals surface area contributed by atoms with Gasteiger partial charge in [0.25, 0.3) is 0 Å². The van der Waals surface area contributed by atoms with Gasteiger partial charge in [-0.25, -0.2) is 9.59 Å². The molecule has 1 aromatic heterocycles. The molecule has 11 heteroatoms. The van der Waals surface area contributed by atoms with Crippen molar-refractivity contribution >= 4 is 46.9 Å². The predicted octanol–water partition coefficient (Wildman–Crippen LogP) is 3.85. The molecular weight excluding hydrogens is 488 g/mol. The number of hydrogen-bond acceptors (Lipinski definition) is 11. The van der Waals surface area contributed by atoms with E-state index in [1.54, 1.807) is 0 Å². The second-order valence-corrected chi connectivity index (χ2v) is 7.49. The first kappa shape index (κ1) is 26.7. The molecule has 0 saturated carbocycles. The molecule has 0 unspecified atom stereocenters. The minimum absolute atomic E-state index is 0.0126. The van der Waals surface area contributed by atoms with Crippen molar-refractivity contribution in [3.8, 4) is 28.6 Å². The Kier molecular flexibility index (Phi) is 8.08. The minimum Gasteiger partial charge on any atom is -0.466 e. The molecule has 37 heavy (non-hydrogen) atoms. The van der Waals surface area contributed by atoms with Crippen LogP contribution >= 0.6 is 0 Å². The second-order valence-electron chi connectivity index (χ2n) is 7.49. The number of ether oxygens (including phenoxy) is 5. The molecule has 3 rings (SSSR count). The van der Waals surface area contributed by atoms with Gasteiger partial charge < -0.3 is 28.1 Å². The van der Waals surface area contributed by atoms with E-state index in [1.807, 2.05) is 0 Å². The normalized spacial score (nSPS) is 10.7. The fourth-order valence-electron chi connectivity index (χ4n) is 3.40. The molecule has 3 aromatic rings. The number of fused-ring (bicyclic) bond motifs is 1. The highest BCUT2D eigenvalue weighted by Crippen LogP contribution is 2.43. The Morgan fingerprint density at radius 2 is 1.43 bits per heavy atom. The van der Waals surface area contributed by atoms with Crippen molar-refractivity contribution in [1.82, 2.24) is 0 Å². The van der Waals surface area contributed by atoms with E-state index in [4.69, 9.17) is 23.4 Å². The molecular formula is C26H22O11. The van der Waals surface area contributed by atoms with Gasteiger partial charge in [-0.3, -0.25) is 14.4 Å². The summed E-state index contributed by atoms with van der Waals surface area (Å²) >= 11 is 0. The molecule has 0 aliphatic carbocycles. The third kappa shape index (κ3) is 6.20. The van der Waals surface area contributed by atoms with Gasteiger partial charge in [-0.1, -0.05) is 0 Å². The van der Waals surface area contributed by atoms with Gasteiger partial charge in [0.1, 0.15) is 17.1 Å². The van der Waals surface area contributed by atoms with Crippen LogP contribution in [0.1, 0.15) is 36.7 Å². The average Bonchev–Trinajstić information content (AvgIpc) is 3.20. The lowest BCUT2D eigenvalue weighted by Gasteiger charge is -2.10. The Balaban J connectivity index is 2.36. The fourth-order valence-corrected chi connectivity index (χ4v) is 3.40. The highest BCUT2D eigenvalue weighted by molar-refractivity contribution is 6.11. The predicted molar refractivity (Wildman–Crippen MR) is 128 cm³/mol. The molecule has 0 bridgehead atoms. The van der Waals surface area contributed by atoms with E-state index in [9.17, 15) is 24.0 Å². The average molecular weight is 510 g/mol. The summed E-state index contributed by atoms with van der Waals surface area (Å²) in [6.45, 7) is 3.55. The molecule has 1 heterocycles. The highest BCUT2D eigenvalue weighted by Gasteiger charge is 2.28. The zero-order valence-electron chi connectivity index (χ0n) is 20.5. The molecule has 0 aliphatic rings. The summed E-state index contributed by atoms with van der Waals surface area (Å²) in [4.78, 5) is 59.5. The van der Waals surface area contributed by atoms with Crippen molar-refractivity contribution in [2.24, 2.45) is 0 Å². The van der Waals surface area contributed by atoms with Gasteiger partial charge in [0.2, 0.25) is 0 Å². The van der Waals surface area contributed by atoms with Crippen molar-refractivity contribution in [2.75, 3.05) is 14.2 Å². The summed E-state index contributed by atoms with van der Waals surface area (Å²) in [5.41, 5.74) is 0.451. The monoisotopic (exact) mass is 510 g/mol. The fraction of sp³-hybridized carbons (Fsp3) is 0.192. The maximum absolute atomic E-state index is 12.9. The lowest BCUT2D eigenvalue weighted by atomic mass is 10.0. The minimum atomic E-state index is -0.811. The van der Waals surface area contributed by atoms with Gasteiger partial charge in [0, 0.05) is 38.3 Å². The molecule has 0 amide bonds. The van der Waals surface area contributed by atoms with Crippen molar-refractivity contribution in [2.45, 2.75) is 20.8 Å². The third-order valence-electron chi connectivity index (χ3n) is 4.75. The van der Waals surface area contributed by atoms with Crippen molar-refractivity contribution < 1.29 is 52.1 Å². The largest absolute Gasteiger partial charge is 0.466 e. The molecule has 0 spiro atoms. The van der Waals surface area contributed by atoms with Gasteiger partial charge in [-0.15, -0.1) is 0 Å². The number of benzene rings is 2. The molecule has 0 atom stereocenters. The molecule has 2 aromatic carbocycles. The Morgan fingerprint density at radius 3 is 2.03 bits per heavy atom. The topological polar surface area (TPSA) is 145 Å². The van der Waals surface area contributed by atoms with Crippen LogP contribution in [-0.2, 0) is 28.7 Å². The number of hydrogen-bond donors (Lipinski definition) is 0. The Bertz CT molecular complexity index is 1440. The zero-order valence-corrected chi connectivity index (χ0v) is 20.5. The Labute approximate surface area is 210 Å². The van der Waals surface area contributed by atoms with E-state index in [1.165, 1.54) is 64.3 Å². The van der Waals surface area contributed by atoms with Crippen LogP contribution < -0.4 is 14.2 Å². The van der Waals surface area contributed by atoms with Crippen LogP contribution in [0.25, 0.3) is 28.4 Å². The standard InChI is InChI=1S/C26H22O11/c1-13(27)34-17-7-8-18(20(12-17)35-14(2)28)25-23(26(31)33-5)19-10-16(6-9-22(30)32-4)11-21(24(19)37-25)36-15(3)29/h6-12H,1-5H3/b9-6+. The number of methoxy groups -OCH3 is 2. The molecule has 0 radical (unpaired) electrons. The van der Waals surface area contributed by atoms with Crippen LogP contribution in [0, 0.1) is 0 Å². The molecule has 0 aliphatic heterocycles. The molecule has 0 saturated heterocycles. The van der Waals surface area contributed by atoms with Gasteiger partial charge in [0.15, 0.2) is 17.1 Å². The lowest BCUT2D eigenvalue weighted by Crippen LogP contribution is -2.06. The Morgan fingerprint density at radius 1 is 0.784 bits per heavy atom. The van der Waals surface area contributed by atoms with Crippen molar-refractivity contribution in [3.63, 3.8) is 0 Å². The SMILES string of the molecule is COC(=O)/C=C/c1cc(OC(C)=O)c2oc(-c3ccc(OC(C)=O)cc3OC(C)=O)c(C(=O)OC)c2c1. The summed E-state index contributed by atoms with van der Waals surface area (Å²) in [6.07, 6.45) is 2.54. The molecule has 11 nitrogen and oxygen atoms in total. The van der Waals surface area contributed by atoms with Crippen LogP contribution in [-0.4, -0.2) is 44.1 Å². The van der Waals surface area contributed by atoms with E-state index in [-0.39, 0.29) is 45.1 Å². The van der Waals surface area contributed by atoms with Crippen LogP contribution in [0.5, 0.6) is 17.2 Å². The van der Waals surface area contributed by atoms with Crippen LogP contribution in [0.15, 0.2) is 40.8 Å². The maximum Gasteiger partial charge on any atom is 0.342 e. The zero-order chi connectivity index (χ0) is 27.3. The van der Waals surface area contributed by atoms with E-state index in [2.05, 4.69) is 4.74 Å². The first-order valence-corrected chi connectivity index (χ1v) is 10.7. The van der Waals surface area contributed by atoms with Crippen LogP contribution in [0.3, 0.4) is 0 Å². The van der Waals surface area contributed by atoms with Gasteiger partial charge in [0.05, 0.1) is 19.8 Å². The summed E-state index contributed by atoms with van der Waals surface area (Å²) in [5, 5.41) is 0.183. The quantitative estimate of drug-likeness (QED) is 0.260. The highest BCUT2D eigenvalue weighted by atomic mass is 16.6. The summed E-state index contributed by atoms with van der Waals surface area (Å²) < 4.78 is 31.2. The van der Waals surface area contributed by atoms with Crippen LogP contribution in [0.2, 0.25) is 0 Å². The second kappa shape index (κ2) is 11.2. The molecule has 192 valence electrons. The molecule has 0 fully saturated rings. The Hall–Kier alpha value is -4.93. The van der Waals surface area contributed by atoms with Crippen molar-refractivity contribution in [1.29, 1.82) is 0 Å². The van der Waals surface area contributed by atoms with E-state index in [0.29, 0.717) is 5.56 Å². The van der Waals surface area contributed by atoms with Gasteiger partial charge >= 0.3 is 29.8 Å². The first-order chi connectivity index (χ1) is 17.5. The maximum atomic E-state index is 12.9. The van der Waals surface area contributed by atoms with E-state index >= 15 is 0 Å². The first-order valence-electron chi connectivity index (χ1n) is 10.7. The summed E-state index contributed by atoms with van der Waals surface area (Å²) in [7, 11) is 2.38. The number of furan rings is 1. The molecule has 0 N–H and O–H groups in total. The van der Waals surface area contributed by atoms with E-state index < -0.39 is 29.8 Å². The van der Waals surface area contributed by atoms with Gasteiger partial charge in [-0.2, -0.15) is 0 Å². The number of esters is 5. The van der Waals surface area contributed by atoms with Gasteiger partial charge in [-0.05, 0) is 35.9 Å². The van der Waals surface area contributed by atoms with Crippen molar-refractivity contribution in [3.05, 3.63) is 47.5 Å². The lowest BCUT2D eigenvalue weighted by molar-refractivity contribution is -0.135. The third-order valence-corrected chi connectivity index (χ3v) is 4.75. The summed E-state index contributed by atoms with van der Waals surface area (Å²) in [5.74, 6) is -3.50. The number of carbonyl (C=O) groups is 5.